The molecule has 0 N–H and O–H groups in total. The van der Waals surface area contributed by atoms with E-state index >= 15 is 0 Å². The Morgan fingerprint density at radius 2 is 1.45 bits per heavy atom. The predicted molar refractivity (Wildman–Crippen MR) is 146 cm³/mol. The number of aryl methyl sites for hydroxylation is 3. The number of benzene rings is 3. The van der Waals surface area contributed by atoms with Gasteiger partial charge in [-0.25, -0.2) is 0 Å². The van der Waals surface area contributed by atoms with Gasteiger partial charge in [0.05, 0.1) is 11.3 Å². The molecule has 0 aliphatic rings. The van der Waals surface area contributed by atoms with E-state index in [0.29, 0.717) is 5.02 Å². The van der Waals surface area contributed by atoms with Gasteiger partial charge in [-0.3, -0.25) is 0 Å². The minimum Gasteiger partial charge on any atom is -0.463 e. The average molecular weight is 485 g/mol. The van der Waals surface area contributed by atoms with Gasteiger partial charge in [-0.05, 0) is 93.4 Å². The molecule has 1 nitrogen and oxygen atoms in total. The SMILES string of the molecule is Cc1ccc(CCc2ccc(/C=C/c3ccc(Cl)c4occc34)c3sccc23)c2sccc12. The maximum Gasteiger partial charge on any atom is 0.153 e. The summed E-state index contributed by atoms with van der Waals surface area (Å²) in [4.78, 5) is 0. The van der Waals surface area contributed by atoms with Crippen LogP contribution in [0.5, 0.6) is 0 Å². The van der Waals surface area contributed by atoms with Crippen LogP contribution in [0.15, 0.2) is 76.0 Å². The number of hydrogen-bond donors (Lipinski definition) is 0. The molecular formula is C29H21ClOS2. The van der Waals surface area contributed by atoms with Gasteiger partial charge in [-0.15, -0.1) is 22.7 Å². The van der Waals surface area contributed by atoms with Crippen LogP contribution in [-0.4, -0.2) is 0 Å². The Morgan fingerprint density at radius 1 is 0.727 bits per heavy atom. The summed E-state index contributed by atoms with van der Waals surface area (Å²) in [7, 11) is 0. The van der Waals surface area contributed by atoms with E-state index in [-0.39, 0.29) is 0 Å². The molecule has 0 spiro atoms. The highest BCUT2D eigenvalue weighted by atomic mass is 35.5. The molecule has 33 heavy (non-hydrogen) atoms. The number of fused-ring (bicyclic) bond motifs is 3. The van der Waals surface area contributed by atoms with E-state index in [2.05, 4.69) is 66.2 Å². The average Bonchev–Trinajstić information content (AvgIpc) is 3.59. The topological polar surface area (TPSA) is 13.1 Å². The third kappa shape index (κ3) is 3.71. The summed E-state index contributed by atoms with van der Waals surface area (Å²) < 4.78 is 8.32. The Kier molecular flexibility index (Phi) is 5.34. The normalized spacial score (nSPS) is 12.1. The van der Waals surface area contributed by atoms with Gasteiger partial charge < -0.3 is 4.42 Å². The zero-order valence-electron chi connectivity index (χ0n) is 18.1. The van der Waals surface area contributed by atoms with E-state index < -0.39 is 0 Å². The maximum atomic E-state index is 6.26. The molecule has 0 fully saturated rings. The van der Waals surface area contributed by atoms with Crippen molar-refractivity contribution in [2.45, 2.75) is 19.8 Å². The van der Waals surface area contributed by atoms with Gasteiger partial charge in [0.2, 0.25) is 0 Å². The number of thiophene rings is 2. The second kappa shape index (κ2) is 8.49. The molecule has 0 aliphatic heterocycles. The van der Waals surface area contributed by atoms with Crippen molar-refractivity contribution in [2.75, 3.05) is 0 Å². The Morgan fingerprint density at radius 3 is 2.36 bits per heavy atom. The molecule has 0 unspecified atom stereocenters. The van der Waals surface area contributed by atoms with Crippen LogP contribution in [0.4, 0.5) is 0 Å². The fourth-order valence-electron chi connectivity index (χ4n) is 4.59. The molecule has 0 radical (unpaired) electrons. The van der Waals surface area contributed by atoms with E-state index in [1.165, 1.54) is 42.4 Å². The van der Waals surface area contributed by atoms with Gasteiger partial charge in [0.1, 0.15) is 0 Å². The zero-order valence-corrected chi connectivity index (χ0v) is 20.5. The largest absolute Gasteiger partial charge is 0.463 e. The summed E-state index contributed by atoms with van der Waals surface area (Å²) in [6, 6.07) is 19.5. The van der Waals surface area contributed by atoms with Crippen LogP contribution in [0.1, 0.15) is 27.8 Å². The first-order chi connectivity index (χ1) is 16.2. The molecular weight excluding hydrogens is 464 g/mol. The molecule has 0 atom stereocenters. The van der Waals surface area contributed by atoms with Crippen molar-refractivity contribution in [3.63, 3.8) is 0 Å². The van der Waals surface area contributed by atoms with Gasteiger partial charge in [0, 0.05) is 14.8 Å². The van der Waals surface area contributed by atoms with E-state index in [4.69, 9.17) is 16.0 Å². The van der Waals surface area contributed by atoms with Crippen LogP contribution >= 0.6 is 34.3 Å². The summed E-state index contributed by atoms with van der Waals surface area (Å²) in [6.45, 7) is 2.20. The molecule has 6 aromatic rings. The molecule has 3 heterocycles. The third-order valence-electron chi connectivity index (χ3n) is 6.36. The smallest absolute Gasteiger partial charge is 0.153 e. The highest BCUT2D eigenvalue weighted by Crippen LogP contribution is 2.33. The molecule has 0 saturated carbocycles. The van der Waals surface area contributed by atoms with E-state index in [0.717, 1.165) is 29.4 Å². The van der Waals surface area contributed by atoms with E-state index in [1.807, 2.05) is 40.9 Å². The second-order valence-corrected chi connectivity index (χ2v) is 10.6. The van der Waals surface area contributed by atoms with Gasteiger partial charge in [-0.1, -0.05) is 54.1 Å². The minimum atomic E-state index is 0.644. The van der Waals surface area contributed by atoms with Crippen LogP contribution in [0.2, 0.25) is 5.02 Å². The van der Waals surface area contributed by atoms with Gasteiger partial charge in [0.15, 0.2) is 5.58 Å². The fourth-order valence-corrected chi connectivity index (χ4v) is 6.76. The van der Waals surface area contributed by atoms with Crippen molar-refractivity contribution in [1.82, 2.24) is 0 Å². The predicted octanol–water partition coefficient (Wildman–Crippen LogP) is 9.78. The highest BCUT2D eigenvalue weighted by molar-refractivity contribution is 7.17. The summed E-state index contributed by atoms with van der Waals surface area (Å²) in [5, 5.41) is 8.85. The standard InChI is InChI=1S/C29H21ClOS2/c1-18-2-3-21(28-23(18)13-16-32-28)8-5-20-6-9-22(29-25(20)14-17-33-29)7-4-19-10-11-26(30)27-24(19)12-15-31-27/h2-4,6-7,9-17H,5,8H2,1H3/b7-4+. The summed E-state index contributed by atoms with van der Waals surface area (Å²) >= 11 is 9.93. The molecule has 4 heteroatoms. The number of hydrogen-bond acceptors (Lipinski definition) is 3. The van der Waals surface area contributed by atoms with Crippen molar-refractivity contribution in [3.05, 3.63) is 104 Å². The first kappa shape index (κ1) is 20.7. The molecule has 0 saturated heterocycles. The lowest BCUT2D eigenvalue weighted by Gasteiger charge is -2.08. The van der Waals surface area contributed by atoms with Gasteiger partial charge in [0.25, 0.3) is 0 Å². The van der Waals surface area contributed by atoms with Gasteiger partial charge in [-0.2, -0.15) is 0 Å². The Bertz CT molecular complexity index is 1650. The zero-order chi connectivity index (χ0) is 22.4. The Balaban J connectivity index is 1.30. The van der Waals surface area contributed by atoms with E-state index in [1.54, 1.807) is 6.26 Å². The molecule has 3 aromatic heterocycles. The lowest BCUT2D eigenvalue weighted by atomic mass is 9.98. The fraction of sp³-hybridized carbons (Fsp3) is 0.103. The molecule has 0 aliphatic carbocycles. The monoisotopic (exact) mass is 484 g/mol. The second-order valence-electron chi connectivity index (χ2n) is 8.32. The highest BCUT2D eigenvalue weighted by Gasteiger charge is 2.10. The molecule has 3 aromatic carbocycles. The summed E-state index contributed by atoms with van der Waals surface area (Å²) in [5.41, 5.74) is 7.32. The van der Waals surface area contributed by atoms with Crippen LogP contribution in [-0.2, 0) is 12.8 Å². The van der Waals surface area contributed by atoms with Crippen LogP contribution in [0.25, 0.3) is 43.3 Å². The lowest BCUT2D eigenvalue weighted by Crippen LogP contribution is -1.93. The van der Waals surface area contributed by atoms with Crippen molar-refractivity contribution in [1.29, 1.82) is 0 Å². The first-order valence-electron chi connectivity index (χ1n) is 11.0. The van der Waals surface area contributed by atoms with Crippen molar-refractivity contribution in [2.24, 2.45) is 0 Å². The lowest BCUT2D eigenvalue weighted by molar-refractivity contribution is 0.616. The Hall–Kier alpha value is -2.85. The van der Waals surface area contributed by atoms with Crippen LogP contribution in [0.3, 0.4) is 0 Å². The van der Waals surface area contributed by atoms with Crippen molar-refractivity contribution >= 4 is 77.6 Å². The van der Waals surface area contributed by atoms with Crippen LogP contribution < -0.4 is 0 Å². The number of furan rings is 1. The molecule has 0 amide bonds. The van der Waals surface area contributed by atoms with Crippen molar-refractivity contribution in [3.8, 4) is 0 Å². The third-order valence-corrected chi connectivity index (χ3v) is 8.61. The minimum absolute atomic E-state index is 0.644. The first-order valence-corrected chi connectivity index (χ1v) is 13.1. The number of halogens is 1. The number of rotatable bonds is 5. The molecule has 0 bridgehead atoms. The maximum absolute atomic E-state index is 6.26. The molecule has 162 valence electrons. The Labute approximate surface area is 205 Å². The van der Waals surface area contributed by atoms with Crippen molar-refractivity contribution < 1.29 is 4.42 Å². The van der Waals surface area contributed by atoms with E-state index in [9.17, 15) is 0 Å². The quantitative estimate of drug-likeness (QED) is 0.222. The summed E-state index contributed by atoms with van der Waals surface area (Å²) in [5.74, 6) is 0. The molecule has 6 rings (SSSR count). The summed E-state index contributed by atoms with van der Waals surface area (Å²) in [6.07, 6.45) is 8.15. The van der Waals surface area contributed by atoms with Crippen LogP contribution in [0, 0.1) is 6.92 Å². The van der Waals surface area contributed by atoms with Gasteiger partial charge >= 0.3 is 0 Å².